The summed E-state index contributed by atoms with van der Waals surface area (Å²) in [7, 11) is 1.67. The first-order valence-corrected chi connectivity index (χ1v) is 6.84. The quantitative estimate of drug-likeness (QED) is 0.719. The molecule has 2 aromatic carbocycles. The smallest absolute Gasteiger partial charge is 0.293 e. The highest BCUT2D eigenvalue weighted by molar-refractivity contribution is 6.04. The molecule has 0 aliphatic rings. The van der Waals surface area contributed by atoms with Gasteiger partial charge in [0.2, 0.25) is 0 Å². The van der Waals surface area contributed by atoms with Gasteiger partial charge in [0.05, 0.1) is 5.56 Å². The Balaban J connectivity index is 1.88. The van der Waals surface area contributed by atoms with E-state index in [1.54, 1.807) is 37.4 Å². The standard InChI is InChI=1S/C18H14FNO2/c1-20(13-7-3-2-4-8-13)18(21)17-12-11-16(22-17)14-9-5-6-10-15(14)19/h2-12H,1H3. The third-order valence-electron chi connectivity index (χ3n) is 3.40. The topological polar surface area (TPSA) is 33.5 Å². The molecule has 0 saturated heterocycles. The van der Waals surface area contributed by atoms with Gasteiger partial charge in [-0.3, -0.25) is 4.79 Å². The molecule has 1 heterocycles. The Morgan fingerprint density at radius 2 is 1.64 bits per heavy atom. The maximum Gasteiger partial charge on any atom is 0.293 e. The molecule has 1 amide bonds. The van der Waals surface area contributed by atoms with Gasteiger partial charge >= 0.3 is 0 Å². The van der Waals surface area contributed by atoms with Gasteiger partial charge in [-0.25, -0.2) is 4.39 Å². The van der Waals surface area contributed by atoms with Gasteiger partial charge in [0, 0.05) is 12.7 Å². The number of para-hydroxylation sites is 1. The summed E-state index contributed by atoms with van der Waals surface area (Å²) >= 11 is 0. The number of nitrogens with zero attached hydrogens (tertiary/aromatic N) is 1. The normalized spacial score (nSPS) is 10.5. The van der Waals surface area contributed by atoms with E-state index >= 15 is 0 Å². The van der Waals surface area contributed by atoms with Crippen molar-refractivity contribution >= 4 is 11.6 Å². The molecule has 0 aliphatic heterocycles. The Morgan fingerprint density at radius 3 is 2.36 bits per heavy atom. The first-order chi connectivity index (χ1) is 10.7. The third kappa shape index (κ3) is 2.63. The minimum Gasteiger partial charge on any atom is -0.451 e. The van der Waals surface area contributed by atoms with Crippen molar-refractivity contribution in [2.45, 2.75) is 0 Å². The fourth-order valence-corrected chi connectivity index (χ4v) is 2.19. The van der Waals surface area contributed by atoms with Gasteiger partial charge in [-0.15, -0.1) is 0 Å². The second kappa shape index (κ2) is 5.85. The molecule has 0 saturated carbocycles. The fourth-order valence-electron chi connectivity index (χ4n) is 2.19. The second-order valence-electron chi connectivity index (χ2n) is 4.84. The predicted molar refractivity (Wildman–Crippen MR) is 83.3 cm³/mol. The number of amides is 1. The van der Waals surface area contributed by atoms with Crippen LogP contribution < -0.4 is 4.90 Å². The lowest BCUT2D eigenvalue weighted by molar-refractivity contribution is 0.0967. The molecule has 0 aliphatic carbocycles. The summed E-state index contributed by atoms with van der Waals surface area (Å²) in [5.74, 6) is -0.159. The van der Waals surface area contributed by atoms with E-state index in [2.05, 4.69) is 0 Å². The van der Waals surface area contributed by atoms with Crippen LogP contribution in [0.5, 0.6) is 0 Å². The van der Waals surface area contributed by atoms with E-state index in [-0.39, 0.29) is 17.5 Å². The molecule has 110 valence electrons. The van der Waals surface area contributed by atoms with Crippen LogP contribution in [-0.4, -0.2) is 13.0 Å². The zero-order chi connectivity index (χ0) is 15.5. The molecule has 22 heavy (non-hydrogen) atoms. The van der Waals surface area contributed by atoms with Crippen LogP contribution in [0.3, 0.4) is 0 Å². The van der Waals surface area contributed by atoms with Gasteiger partial charge in [-0.2, -0.15) is 0 Å². The molecular weight excluding hydrogens is 281 g/mol. The molecule has 3 nitrogen and oxygen atoms in total. The van der Waals surface area contributed by atoms with Crippen molar-refractivity contribution in [1.29, 1.82) is 0 Å². The van der Waals surface area contributed by atoms with Crippen molar-refractivity contribution in [2.24, 2.45) is 0 Å². The maximum absolute atomic E-state index is 13.8. The lowest BCUT2D eigenvalue weighted by atomic mass is 10.1. The lowest BCUT2D eigenvalue weighted by Gasteiger charge is -2.15. The van der Waals surface area contributed by atoms with E-state index in [0.29, 0.717) is 11.3 Å². The van der Waals surface area contributed by atoms with Crippen molar-refractivity contribution in [2.75, 3.05) is 11.9 Å². The fraction of sp³-hybridized carbons (Fsp3) is 0.0556. The average Bonchev–Trinajstić information content (AvgIpc) is 3.04. The average molecular weight is 295 g/mol. The van der Waals surface area contributed by atoms with Crippen LogP contribution in [0.4, 0.5) is 10.1 Å². The molecule has 0 fully saturated rings. The molecule has 0 radical (unpaired) electrons. The molecule has 3 rings (SSSR count). The van der Waals surface area contributed by atoms with Crippen LogP contribution in [0, 0.1) is 5.82 Å². The highest BCUT2D eigenvalue weighted by Gasteiger charge is 2.18. The Bertz CT molecular complexity index is 796. The number of furan rings is 1. The highest BCUT2D eigenvalue weighted by atomic mass is 19.1. The Kier molecular flexibility index (Phi) is 3.74. The molecular formula is C18H14FNO2. The predicted octanol–water partition coefficient (Wildman–Crippen LogP) is 4.36. The first-order valence-electron chi connectivity index (χ1n) is 6.84. The van der Waals surface area contributed by atoms with Gasteiger partial charge in [0.15, 0.2) is 5.76 Å². The Labute approximate surface area is 127 Å². The number of carbonyl (C=O) groups is 1. The van der Waals surface area contributed by atoms with E-state index in [0.717, 1.165) is 5.69 Å². The molecule has 0 bridgehead atoms. The molecule has 1 aromatic heterocycles. The largest absolute Gasteiger partial charge is 0.451 e. The van der Waals surface area contributed by atoms with Gasteiger partial charge in [0.25, 0.3) is 5.91 Å². The number of carbonyl (C=O) groups excluding carboxylic acids is 1. The van der Waals surface area contributed by atoms with E-state index in [1.807, 2.05) is 30.3 Å². The van der Waals surface area contributed by atoms with E-state index < -0.39 is 0 Å². The van der Waals surface area contributed by atoms with Crippen LogP contribution in [0.25, 0.3) is 11.3 Å². The third-order valence-corrected chi connectivity index (χ3v) is 3.40. The van der Waals surface area contributed by atoms with E-state index in [1.165, 1.54) is 11.0 Å². The zero-order valence-corrected chi connectivity index (χ0v) is 12.0. The minimum absolute atomic E-state index is 0.171. The van der Waals surface area contributed by atoms with Crippen LogP contribution in [0.15, 0.2) is 71.1 Å². The number of halogens is 1. The minimum atomic E-state index is -0.382. The first kappa shape index (κ1) is 14.1. The van der Waals surface area contributed by atoms with E-state index in [9.17, 15) is 9.18 Å². The highest BCUT2D eigenvalue weighted by Crippen LogP contribution is 2.26. The molecule has 0 spiro atoms. The summed E-state index contributed by atoms with van der Waals surface area (Å²) in [6, 6.07) is 18.7. The molecule has 0 atom stereocenters. The molecule has 4 heteroatoms. The molecule has 0 N–H and O–H groups in total. The molecule has 0 unspecified atom stereocenters. The Morgan fingerprint density at radius 1 is 0.955 bits per heavy atom. The number of hydrogen-bond donors (Lipinski definition) is 0. The van der Waals surface area contributed by atoms with E-state index in [4.69, 9.17) is 4.42 Å². The summed E-state index contributed by atoms with van der Waals surface area (Å²) in [5.41, 5.74) is 1.10. The van der Waals surface area contributed by atoms with Crippen LogP contribution >= 0.6 is 0 Å². The maximum atomic E-state index is 13.8. The number of benzene rings is 2. The summed E-state index contributed by atoms with van der Waals surface area (Å²) < 4.78 is 19.3. The summed E-state index contributed by atoms with van der Waals surface area (Å²) in [5, 5.41) is 0. The summed E-state index contributed by atoms with van der Waals surface area (Å²) in [4.78, 5) is 13.9. The number of rotatable bonds is 3. The van der Waals surface area contributed by atoms with Crippen molar-refractivity contribution in [3.05, 3.63) is 78.3 Å². The van der Waals surface area contributed by atoms with Crippen molar-refractivity contribution in [3.8, 4) is 11.3 Å². The van der Waals surface area contributed by atoms with Gasteiger partial charge < -0.3 is 9.32 Å². The number of hydrogen-bond acceptors (Lipinski definition) is 2. The van der Waals surface area contributed by atoms with Crippen LogP contribution in [0.2, 0.25) is 0 Å². The van der Waals surface area contributed by atoms with Crippen molar-refractivity contribution in [1.82, 2.24) is 0 Å². The van der Waals surface area contributed by atoms with Gasteiger partial charge in [-0.05, 0) is 36.4 Å². The van der Waals surface area contributed by atoms with Crippen LogP contribution in [-0.2, 0) is 0 Å². The number of anilines is 1. The molecule has 3 aromatic rings. The summed E-state index contributed by atoms with van der Waals surface area (Å²) in [6.45, 7) is 0. The lowest BCUT2D eigenvalue weighted by Crippen LogP contribution is -2.25. The second-order valence-corrected chi connectivity index (χ2v) is 4.84. The monoisotopic (exact) mass is 295 g/mol. The van der Waals surface area contributed by atoms with Gasteiger partial charge in [0.1, 0.15) is 11.6 Å². The van der Waals surface area contributed by atoms with Crippen molar-refractivity contribution < 1.29 is 13.6 Å². The SMILES string of the molecule is CN(C(=O)c1ccc(-c2ccccc2F)o1)c1ccccc1. The summed E-state index contributed by atoms with van der Waals surface area (Å²) in [6.07, 6.45) is 0. The zero-order valence-electron chi connectivity index (χ0n) is 12.0. The Hall–Kier alpha value is -2.88. The van der Waals surface area contributed by atoms with Crippen molar-refractivity contribution in [3.63, 3.8) is 0 Å². The van der Waals surface area contributed by atoms with Gasteiger partial charge in [-0.1, -0.05) is 30.3 Å². The van der Waals surface area contributed by atoms with Crippen LogP contribution in [0.1, 0.15) is 10.6 Å².